The number of methoxy groups -OCH3 is 2. The molecule has 0 aliphatic carbocycles. The van der Waals surface area contributed by atoms with Crippen LogP contribution in [0.1, 0.15) is 11.1 Å². The van der Waals surface area contributed by atoms with Crippen molar-refractivity contribution in [1.82, 2.24) is 4.57 Å². The second kappa shape index (κ2) is 9.45. The molecule has 150 valence electrons. The van der Waals surface area contributed by atoms with Crippen LogP contribution in [0.2, 0.25) is 0 Å². The van der Waals surface area contributed by atoms with E-state index in [0.717, 1.165) is 16.8 Å². The molecule has 3 aromatic rings. The topological polar surface area (TPSA) is 90.9 Å². The number of pyridine rings is 1. The quantitative estimate of drug-likeness (QED) is 0.477. The number of anilines is 1. The van der Waals surface area contributed by atoms with Gasteiger partial charge in [0.05, 0.1) is 27.3 Å². The number of aliphatic imine (C=N–C) groups is 1. The Labute approximate surface area is 169 Å². The van der Waals surface area contributed by atoms with E-state index in [1.807, 2.05) is 36.4 Å². The first-order valence-electron chi connectivity index (χ1n) is 9.11. The van der Waals surface area contributed by atoms with Gasteiger partial charge in [0.15, 0.2) is 17.5 Å². The van der Waals surface area contributed by atoms with Gasteiger partial charge in [-0.3, -0.25) is 4.79 Å². The lowest BCUT2D eigenvalue weighted by Gasteiger charge is -2.11. The molecule has 7 heteroatoms. The van der Waals surface area contributed by atoms with Crippen molar-refractivity contribution in [1.29, 1.82) is 0 Å². The third kappa shape index (κ3) is 5.38. The predicted molar refractivity (Wildman–Crippen MR) is 115 cm³/mol. The molecule has 0 radical (unpaired) electrons. The van der Waals surface area contributed by atoms with Crippen molar-refractivity contribution in [2.75, 3.05) is 19.5 Å². The van der Waals surface area contributed by atoms with Crippen molar-refractivity contribution in [2.24, 2.45) is 10.7 Å². The number of ether oxygens (including phenoxy) is 2. The van der Waals surface area contributed by atoms with Gasteiger partial charge in [-0.1, -0.05) is 30.3 Å². The van der Waals surface area contributed by atoms with Gasteiger partial charge in [-0.15, -0.1) is 0 Å². The van der Waals surface area contributed by atoms with Crippen molar-refractivity contribution in [3.05, 3.63) is 88.3 Å². The van der Waals surface area contributed by atoms with Crippen molar-refractivity contribution < 1.29 is 9.47 Å². The second-order valence-corrected chi connectivity index (χ2v) is 6.38. The van der Waals surface area contributed by atoms with Crippen LogP contribution in [-0.2, 0) is 13.1 Å². The summed E-state index contributed by atoms with van der Waals surface area (Å²) in [6, 6.07) is 18.5. The molecule has 0 spiro atoms. The van der Waals surface area contributed by atoms with Gasteiger partial charge in [-0.2, -0.15) is 0 Å². The highest BCUT2D eigenvalue weighted by Gasteiger charge is 2.05. The van der Waals surface area contributed by atoms with E-state index in [2.05, 4.69) is 10.3 Å². The number of hydrogen-bond donors (Lipinski definition) is 2. The number of rotatable bonds is 7. The van der Waals surface area contributed by atoms with E-state index in [1.165, 1.54) is 0 Å². The molecule has 3 N–H and O–H groups in total. The van der Waals surface area contributed by atoms with Crippen LogP contribution in [0.5, 0.6) is 11.5 Å². The maximum atomic E-state index is 11.8. The minimum Gasteiger partial charge on any atom is -0.493 e. The molecule has 1 aromatic heterocycles. The van der Waals surface area contributed by atoms with Crippen molar-refractivity contribution in [2.45, 2.75) is 13.1 Å². The Bertz CT molecular complexity index is 1040. The summed E-state index contributed by atoms with van der Waals surface area (Å²) >= 11 is 0. The Morgan fingerprint density at radius 2 is 1.72 bits per heavy atom. The molecule has 1 heterocycles. The molecular formula is C22H24N4O3. The van der Waals surface area contributed by atoms with Crippen LogP contribution in [-0.4, -0.2) is 24.7 Å². The summed E-state index contributed by atoms with van der Waals surface area (Å²) in [5.41, 5.74) is 8.80. The average Bonchev–Trinajstić information content (AvgIpc) is 2.74. The molecule has 0 bridgehead atoms. The molecule has 0 aliphatic rings. The molecule has 2 aromatic carbocycles. The Balaban J connectivity index is 1.60. The highest BCUT2D eigenvalue weighted by atomic mass is 16.5. The molecule has 0 aliphatic heterocycles. The first-order chi connectivity index (χ1) is 14.1. The SMILES string of the molecule is COc1ccc(NC(N)=NCc2ccc(Cn3ccccc3=O)cc2)cc1OC. The fraction of sp³-hybridized carbons (Fsp3) is 0.182. The highest BCUT2D eigenvalue weighted by Crippen LogP contribution is 2.29. The van der Waals surface area contributed by atoms with E-state index >= 15 is 0 Å². The zero-order valence-corrected chi connectivity index (χ0v) is 16.5. The van der Waals surface area contributed by atoms with Gasteiger partial charge in [0.2, 0.25) is 0 Å². The molecule has 0 atom stereocenters. The second-order valence-electron chi connectivity index (χ2n) is 6.38. The van der Waals surface area contributed by atoms with Crippen LogP contribution < -0.4 is 26.1 Å². The predicted octanol–water partition coefficient (Wildman–Crippen LogP) is 2.84. The number of benzene rings is 2. The maximum Gasteiger partial charge on any atom is 0.250 e. The Morgan fingerprint density at radius 3 is 2.41 bits per heavy atom. The van der Waals surface area contributed by atoms with E-state index in [4.69, 9.17) is 15.2 Å². The summed E-state index contributed by atoms with van der Waals surface area (Å²) in [5.74, 6) is 1.56. The van der Waals surface area contributed by atoms with Gasteiger partial charge in [0, 0.05) is 24.0 Å². The molecule has 0 amide bonds. The Kier molecular flexibility index (Phi) is 6.52. The van der Waals surface area contributed by atoms with Gasteiger partial charge in [0.1, 0.15) is 0 Å². The molecule has 7 nitrogen and oxygen atoms in total. The fourth-order valence-electron chi connectivity index (χ4n) is 2.82. The van der Waals surface area contributed by atoms with Crippen LogP contribution in [0.3, 0.4) is 0 Å². The van der Waals surface area contributed by atoms with Crippen molar-refractivity contribution in [3.8, 4) is 11.5 Å². The minimum absolute atomic E-state index is 0.0183. The maximum absolute atomic E-state index is 11.8. The largest absolute Gasteiger partial charge is 0.493 e. The third-order valence-corrected chi connectivity index (χ3v) is 4.36. The Hall–Kier alpha value is -3.74. The molecule has 0 fully saturated rings. The fourth-order valence-corrected chi connectivity index (χ4v) is 2.82. The van der Waals surface area contributed by atoms with Gasteiger partial charge >= 0.3 is 0 Å². The summed E-state index contributed by atoms with van der Waals surface area (Å²) in [4.78, 5) is 16.2. The summed E-state index contributed by atoms with van der Waals surface area (Å²) in [6.45, 7) is 0.976. The molecule has 29 heavy (non-hydrogen) atoms. The Morgan fingerprint density at radius 1 is 1.00 bits per heavy atom. The third-order valence-electron chi connectivity index (χ3n) is 4.36. The molecular weight excluding hydrogens is 368 g/mol. The lowest BCUT2D eigenvalue weighted by molar-refractivity contribution is 0.355. The summed E-state index contributed by atoms with van der Waals surface area (Å²) < 4.78 is 12.2. The normalized spacial score (nSPS) is 11.2. The standard InChI is InChI=1S/C22H24N4O3/c1-28-19-11-10-18(13-20(19)29-2)25-22(23)24-14-16-6-8-17(9-7-16)15-26-12-4-3-5-21(26)27/h3-13H,14-15H2,1-2H3,(H3,23,24,25). The number of nitrogens with zero attached hydrogens (tertiary/aromatic N) is 2. The zero-order chi connectivity index (χ0) is 20.6. The summed E-state index contributed by atoms with van der Waals surface area (Å²) in [7, 11) is 3.17. The van der Waals surface area contributed by atoms with Crippen molar-refractivity contribution in [3.63, 3.8) is 0 Å². The average molecular weight is 392 g/mol. The van der Waals surface area contributed by atoms with Gasteiger partial charge in [-0.25, -0.2) is 4.99 Å². The van der Waals surface area contributed by atoms with E-state index in [-0.39, 0.29) is 5.56 Å². The first kappa shape index (κ1) is 20.0. The number of nitrogens with two attached hydrogens (primary N) is 1. The highest BCUT2D eigenvalue weighted by molar-refractivity contribution is 5.92. The van der Waals surface area contributed by atoms with Crippen molar-refractivity contribution >= 4 is 11.6 Å². The van der Waals surface area contributed by atoms with E-state index in [9.17, 15) is 4.79 Å². The monoisotopic (exact) mass is 392 g/mol. The van der Waals surface area contributed by atoms with Crippen LogP contribution >= 0.6 is 0 Å². The number of hydrogen-bond acceptors (Lipinski definition) is 4. The van der Waals surface area contributed by atoms with Gasteiger partial charge < -0.3 is 25.1 Å². The van der Waals surface area contributed by atoms with Crippen LogP contribution in [0, 0.1) is 0 Å². The molecule has 0 saturated carbocycles. The van der Waals surface area contributed by atoms with Gasteiger partial charge in [-0.05, 0) is 29.3 Å². The number of aromatic nitrogens is 1. The van der Waals surface area contributed by atoms with E-state index in [0.29, 0.717) is 30.5 Å². The lowest BCUT2D eigenvalue weighted by atomic mass is 10.1. The zero-order valence-electron chi connectivity index (χ0n) is 16.5. The van der Waals surface area contributed by atoms with Crippen LogP contribution in [0.4, 0.5) is 5.69 Å². The molecule has 0 unspecified atom stereocenters. The smallest absolute Gasteiger partial charge is 0.250 e. The first-order valence-corrected chi connectivity index (χ1v) is 9.11. The van der Waals surface area contributed by atoms with Crippen LogP contribution in [0.25, 0.3) is 0 Å². The molecule has 0 saturated heterocycles. The number of guanidine groups is 1. The van der Waals surface area contributed by atoms with E-state index in [1.54, 1.807) is 49.2 Å². The summed E-state index contributed by atoms with van der Waals surface area (Å²) in [6.07, 6.45) is 1.78. The van der Waals surface area contributed by atoms with Gasteiger partial charge in [0.25, 0.3) is 5.56 Å². The molecule has 3 rings (SSSR count). The van der Waals surface area contributed by atoms with E-state index < -0.39 is 0 Å². The number of nitrogens with one attached hydrogen (secondary N) is 1. The van der Waals surface area contributed by atoms with Crippen LogP contribution in [0.15, 0.2) is 76.6 Å². The minimum atomic E-state index is -0.0183. The summed E-state index contributed by atoms with van der Waals surface area (Å²) in [5, 5.41) is 3.04. The lowest BCUT2D eigenvalue weighted by Crippen LogP contribution is -2.22.